The fraction of sp³-hybridized carbons (Fsp3) is 0.242. The Hall–Kier alpha value is -5.65. The minimum Gasteiger partial charge on any atom is -0.502 e. The summed E-state index contributed by atoms with van der Waals surface area (Å²) in [5.74, 6) is -5.21. The summed E-state index contributed by atoms with van der Waals surface area (Å²) in [7, 11) is -2.32. The Labute approximate surface area is 301 Å². The number of nitro groups is 1. The van der Waals surface area contributed by atoms with Crippen LogP contribution in [0.5, 0.6) is 11.5 Å². The molecule has 16 nitrogen and oxygen atoms in total. The number of carbonyl (C=O) groups excluding carboxylic acids is 2. The Kier molecular flexibility index (Phi) is 12.7. The first-order chi connectivity index (χ1) is 25.0. The van der Waals surface area contributed by atoms with Crippen molar-refractivity contribution < 1.29 is 50.6 Å². The maximum atomic E-state index is 14.5. The van der Waals surface area contributed by atoms with Crippen molar-refractivity contribution in [3.8, 4) is 11.5 Å². The number of aromatic nitrogens is 1. The van der Waals surface area contributed by atoms with Gasteiger partial charge in [-0.15, -0.1) is 0 Å². The molecule has 0 fully saturated rings. The highest BCUT2D eigenvalue weighted by atomic mass is 32.8. The second-order valence-corrected chi connectivity index (χ2v) is 17.7. The van der Waals surface area contributed by atoms with Crippen LogP contribution in [0.15, 0.2) is 88.7 Å². The second-order valence-electron chi connectivity index (χ2n) is 11.3. The summed E-state index contributed by atoms with van der Waals surface area (Å²) >= 11 is 0. The minimum absolute atomic E-state index is 0.0880. The molecule has 1 atom stereocenters. The molecule has 0 radical (unpaired) electrons. The number of carbonyl (C=O) groups is 2. The van der Waals surface area contributed by atoms with E-state index in [1.165, 1.54) is 38.4 Å². The van der Waals surface area contributed by atoms with E-state index in [-0.39, 0.29) is 24.7 Å². The number of amides is 2. The smallest absolute Gasteiger partial charge is 0.365 e. The van der Waals surface area contributed by atoms with Crippen molar-refractivity contribution in [2.75, 3.05) is 45.1 Å². The molecule has 0 spiro atoms. The highest BCUT2D eigenvalue weighted by molar-refractivity contribution is 8.51. The number of nitrogens with one attached hydrogen (secondary N) is 1. The third-order valence-electron chi connectivity index (χ3n) is 7.67. The lowest BCUT2D eigenvalue weighted by Crippen LogP contribution is -2.42. The first-order valence-corrected chi connectivity index (χ1v) is 19.5. The minimum atomic E-state index is -4.89. The van der Waals surface area contributed by atoms with Crippen molar-refractivity contribution in [2.45, 2.75) is 18.4 Å². The fourth-order valence-electron chi connectivity index (χ4n) is 4.75. The average molecular weight is 778 g/mol. The molecule has 0 saturated heterocycles. The highest BCUT2D eigenvalue weighted by Crippen LogP contribution is 2.56. The molecule has 1 heterocycles. The van der Waals surface area contributed by atoms with Gasteiger partial charge in [0.2, 0.25) is 5.43 Å². The Bertz CT molecular complexity index is 2220. The van der Waals surface area contributed by atoms with E-state index in [2.05, 4.69) is 5.32 Å². The highest BCUT2D eigenvalue weighted by Gasteiger charge is 2.43. The summed E-state index contributed by atoms with van der Waals surface area (Å²) in [6, 6.07) is 13.6. The SMILES string of the molecule is CCOCN(C)C(=O)c1c(O)c(=O)c(C(=O)NCc2ccc(F)cc2F)cn1N(C)CCP(=O)(Oc1ccccc1)S(=O)(=O)c1ccc([N+](=O)[O-])cc1. The predicted molar refractivity (Wildman–Crippen MR) is 187 cm³/mol. The van der Waals surface area contributed by atoms with Crippen molar-refractivity contribution in [1.29, 1.82) is 0 Å². The molecule has 4 rings (SSSR count). The molecule has 3 aromatic carbocycles. The number of rotatable bonds is 16. The monoisotopic (exact) mass is 777 g/mol. The van der Waals surface area contributed by atoms with Gasteiger partial charge in [0.15, 0.2) is 11.4 Å². The number of halogens is 2. The Morgan fingerprint density at radius 1 is 1.06 bits per heavy atom. The first-order valence-electron chi connectivity index (χ1n) is 15.6. The Balaban J connectivity index is 1.76. The molecule has 0 saturated carbocycles. The number of para-hydroxylation sites is 1. The zero-order valence-corrected chi connectivity index (χ0v) is 30.2. The number of hydrogen-bond acceptors (Lipinski definition) is 12. The van der Waals surface area contributed by atoms with Crippen LogP contribution in [-0.2, 0) is 25.3 Å². The van der Waals surface area contributed by atoms with Gasteiger partial charge in [0, 0.05) is 63.8 Å². The molecule has 0 bridgehead atoms. The van der Waals surface area contributed by atoms with Gasteiger partial charge in [0.05, 0.1) is 16.0 Å². The second kappa shape index (κ2) is 16.8. The van der Waals surface area contributed by atoms with Gasteiger partial charge < -0.3 is 29.6 Å². The van der Waals surface area contributed by atoms with Gasteiger partial charge in [-0.1, -0.05) is 24.3 Å². The van der Waals surface area contributed by atoms with Crippen molar-refractivity contribution in [3.05, 3.63) is 128 Å². The molecule has 282 valence electrons. The van der Waals surface area contributed by atoms with Crippen LogP contribution in [0.1, 0.15) is 33.3 Å². The van der Waals surface area contributed by atoms with E-state index in [0.29, 0.717) is 6.07 Å². The van der Waals surface area contributed by atoms with E-state index < -0.39 is 96.7 Å². The number of non-ortho nitro benzene ring substituents is 1. The van der Waals surface area contributed by atoms with E-state index >= 15 is 0 Å². The standard InChI is InChI=1S/C33H34F2N5O11PS/c1-4-50-21-37(2)33(44)29-31(42)30(41)27(32(43)36-19-22-10-11-23(34)18-28(22)35)20-39(29)38(3)16-17-52(47,51-25-8-6-5-7-9-25)53(48,49)26-14-12-24(13-15-26)40(45)46/h5-15,18,20,42H,4,16-17,19,21H2,1-3H3,(H,36,43). The van der Waals surface area contributed by atoms with E-state index in [9.17, 15) is 51.4 Å². The largest absolute Gasteiger partial charge is 0.502 e. The lowest BCUT2D eigenvalue weighted by Gasteiger charge is -2.29. The number of nitro benzene ring substituents is 1. The van der Waals surface area contributed by atoms with Crippen LogP contribution in [0.2, 0.25) is 0 Å². The zero-order valence-electron chi connectivity index (χ0n) is 28.5. The summed E-state index contributed by atoms with van der Waals surface area (Å²) in [6.45, 7) is -4.35. The van der Waals surface area contributed by atoms with Gasteiger partial charge in [0.25, 0.3) is 27.0 Å². The van der Waals surface area contributed by atoms with Gasteiger partial charge in [0.1, 0.15) is 29.7 Å². The van der Waals surface area contributed by atoms with Crippen molar-refractivity contribution in [3.63, 3.8) is 0 Å². The molecule has 2 N–H and O–H groups in total. The molecular formula is C33H34F2N5O11PS. The molecule has 53 heavy (non-hydrogen) atoms. The van der Waals surface area contributed by atoms with E-state index in [0.717, 1.165) is 57.2 Å². The summed E-state index contributed by atoms with van der Waals surface area (Å²) in [4.78, 5) is 51.0. The van der Waals surface area contributed by atoms with Crippen LogP contribution in [0, 0.1) is 21.7 Å². The van der Waals surface area contributed by atoms with E-state index in [1.54, 1.807) is 13.0 Å². The van der Waals surface area contributed by atoms with Gasteiger partial charge in [-0.05, 0) is 37.3 Å². The number of aromatic hydroxyl groups is 1. The first kappa shape index (κ1) is 40.1. The molecule has 0 aliphatic carbocycles. The van der Waals surface area contributed by atoms with Crippen LogP contribution in [0.4, 0.5) is 14.5 Å². The van der Waals surface area contributed by atoms with Crippen LogP contribution >= 0.6 is 6.57 Å². The van der Waals surface area contributed by atoms with Gasteiger partial charge >= 0.3 is 6.57 Å². The quantitative estimate of drug-likeness (QED) is 0.0715. The third-order valence-corrected chi connectivity index (χ3v) is 14.1. The van der Waals surface area contributed by atoms with Crippen LogP contribution < -0.4 is 20.3 Å². The molecule has 20 heteroatoms. The van der Waals surface area contributed by atoms with E-state index in [1.807, 2.05) is 0 Å². The maximum absolute atomic E-state index is 14.5. The molecule has 1 unspecified atom stereocenters. The average Bonchev–Trinajstić information content (AvgIpc) is 3.13. The molecule has 0 aliphatic rings. The zero-order chi connectivity index (χ0) is 39.1. The molecule has 1 aromatic heterocycles. The lowest BCUT2D eigenvalue weighted by atomic mass is 10.1. The molecular weight excluding hydrogens is 743 g/mol. The number of benzene rings is 3. The maximum Gasteiger partial charge on any atom is 0.365 e. The Morgan fingerprint density at radius 2 is 1.72 bits per heavy atom. The third kappa shape index (κ3) is 9.05. The number of nitrogens with zero attached hydrogens (tertiary/aromatic N) is 4. The number of ether oxygens (including phenoxy) is 1. The summed E-state index contributed by atoms with van der Waals surface area (Å²) in [5.41, 5.74) is -3.26. The number of pyridine rings is 1. The number of hydrogen-bond donors (Lipinski definition) is 2. The van der Waals surface area contributed by atoms with Gasteiger partial charge in [-0.2, -0.15) is 0 Å². The van der Waals surface area contributed by atoms with Crippen molar-refractivity contribution in [1.82, 2.24) is 14.9 Å². The van der Waals surface area contributed by atoms with Crippen LogP contribution in [0.3, 0.4) is 0 Å². The summed E-state index contributed by atoms with van der Waals surface area (Å²) in [5, 5.41) is 25.6. The lowest BCUT2D eigenvalue weighted by molar-refractivity contribution is -0.384. The molecule has 4 aromatic rings. The van der Waals surface area contributed by atoms with E-state index in [4.69, 9.17) is 9.26 Å². The fourth-order valence-corrected chi connectivity index (χ4v) is 9.81. The van der Waals surface area contributed by atoms with Crippen molar-refractivity contribution >= 4 is 33.5 Å². The predicted octanol–water partition coefficient (Wildman–Crippen LogP) is 4.05. The van der Waals surface area contributed by atoms with Crippen LogP contribution in [0.25, 0.3) is 0 Å². The summed E-state index contributed by atoms with van der Waals surface area (Å²) in [6.07, 6.45) is 0.0758. The summed E-state index contributed by atoms with van der Waals surface area (Å²) < 4.78 is 81.6. The molecule has 2 amide bonds. The van der Waals surface area contributed by atoms with Gasteiger partial charge in [-0.3, -0.25) is 33.7 Å². The Morgan fingerprint density at radius 3 is 2.32 bits per heavy atom. The normalized spacial score (nSPS) is 12.4. The van der Waals surface area contributed by atoms with Crippen LogP contribution in [-0.4, -0.2) is 80.0 Å². The topological polar surface area (TPSA) is 208 Å². The van der Waals surface area contributed by atoms with Gasteiger partial charge in [-0.25, -0.2) is 17.2 Å². The van der Waals surface area contributed by atoms with Crippen molar-refractivity contribution in [2.24, 2.45) is 0 Å². The molecule has 0 aliphatic heterocycles.